The van der Waals surface area contributed by atoms with Gasteiger partial charge in [0.2, 0.25) is 0 Å². The molecule has 23 heavy (non-hydrogen) atoms. The molecule has 124 valence electrons. The number of pyridine rings is 1. The van der Waals surface area contributed by atoms with E-state index < -0.39 is 0 Å². The summed E-state index contributed by atoms with van der Waals surface area (Å²) in [5, 5.41) is 10.2. The summed E-state index contributed by atoms with van der Waals surface area (Å²) < 4.78 is 13.9. The maximum atomic E-state index is 13.9. The second-order valence-corrected chi connectivity index (χ2v) is 6.53. The Morgan fingerprint density at radius 1 is 1.35 bits per heavy atom. The van der Waals surface area contributed by atoms with Gasteiger partial charge in [-0.3, -0.25) is 14.8 Å². The Labute approximate surface area is 136 Å². The van der Waals surface area contributed by atoms with Crippen molar-refractivity contribution in [2.24, 2.45) is 0 Å². The van der Waals surface area contributed by atoms with Gasteiger partial charge >= 0.3 is 0 Å². The molecule has 1 saturated heterocycles. The lowest BCUT2D eigenvalue weighted by Crippen LogP contribution is -2.53. The molecule has 3 rings (SSSR count). The van der Waals surface area contributed by atoms with Crippen molar-refractivity contribution < 1.29 is 9.50 Å². The lowest BCUT2D eigenvalue weighted by atomic mass is 10.1. The van der Waals surface area contributed by atoms with Crippen LogP contribution >= 0.6 is 0 Å². The van der Waals surface area contributed by atoms with Crippen molar-refractivity contribution in [2.75, 3.05) is 26.2 Å². The largest absolute Gasteiger partial charge is 0.392 e. The van der Waals surface area contributed by atoms with Gasteiger partial charge in [0, 0.05) is 50.3 Å². The second kappa shape index (κ2) is 6.91. The fourth-order valence-electron chi connectivity index (χ4n) is 3.39. The maximum Gasteiger partial charge on any atom is 0.132 e. The van der Waals surface area contributed by atoms with Crippen molar-refractivity contribution in [3.63, 3.8) is 0 Å². The van der Waals surface area contributed by atoms with Crippen LogP contribution in [-0.2, 0) is 6.54 Å². The van der Waals surface area contributed by atoms with Crippen molar-refractivity contribution in [1.29, 1.82) is 0 Å². The van der Waals surface area contributed by atoms with Crippen molar-refractivity contribution >= 4 is 10.9 Å². The van der Waals surface area contributed by atoms with Gasteiger partial charge < -0.3 is 5.11 Å². The first-order chi connectivity index (χ1) is 11.0. The molecule has 2 heterocycles. The van der Waals surface area contributed by atoms with Gasteiger partial charge in [0.05, 0.1) is 11.6 Å². The van der Waals surface area contributed by atoms with Gasteiger partial charge in [0.25, 0.3) is 0 Å². The molecule has 0 bridgehead atoms. The molecule has 2 aromatic rings. The highest BCUT2D eigenvalue weighted by molar-refractivity contribution is 5.82. The Kier molecular flexibility index (Phi) is 4.90. The number of rotatable bonds is 4. The van der Waals surface area contributed by atoms with Crippen molar-refractivity contribution in [2.45, 2.75) is 32.5 Å². The molecule has 1 fully saturated rings. The Bertz CT molecular complexity index is 676. The van der Waals surface area contributed by atoms with E-state index in [9.17, 15) is 9.50 Å². The summed E-state index contributed by atoms with van der Waals surface area (Å²) in [5.74, 6) is -0.216. The van der Waals surface area contributed by atoms with Crippen molar-refractivity contribution in [1.82, 2.24) is 14.8 Å². The van der Waals surface area contributed by atoms with Crippen LogP contribution in [0.4, 0.5) is 4.39 Å². The van der Waals surface area contributed by atoms with E-state index in [2.05, 4.69) is 21.7 Å². The van der Waals surface area contributed by atoms with Gasteiger partial charge in [-0.25, -0.2) is 4.39 Å². The summed E-state index contributed by atoms with van der Waals surface area (Å²) in [6.07, 6.45) is 1.42. The number of aliphatic hydroxyl groups is 1. The number of halogens is 1. The summed E-state index contributed by atoms with van der Waals surface area (Å²) in [7, 11) is 0. The third-order valence-corrected chi connectivity index (χ3v) is 4.54. The smallest absolute Gasteiger partial charge is 0.132 e. The average molecular weight is 317 g/mol. The molecule has 0 aliphatic carbocycles. The molecule has 1 aromatic carbocycles. The third-order valence-electron chi connectivity index (χ3n) is 4.54. The first kappa shape index (κ1) is 16.3. The molecule has 5 heteroatoms. The topological polar surface area (TPSA) is 39.6 Å². The van der Waals surface area contributed by atoms with Gasteiger partial charge in [-0.15, -0.1) is 0 Å². The molecule has 0 unspecified atom stereocenters. The zero-order valence-electron chi connectivity index (χ0n) is 13.7. The molecule has 1 N–H and O–H groups in total. The van der Waals surface area contributed by atoms with E-state index in [0.717, 1.165) is 43.8 Å². The van der Waals surface area contributed by atoms with Gasteiger partial charge in [-0.05, 0) is 37.6 Å². The molecular weight excluding hydrogens is 293 g/mol. The van der Waals surface area contributed by atoms with Crippen LogP contribution < -0.4 is 0 Å². The molecule has 4 nitrogen and oxygen atoms in total. The monoisotopic (exact) mass is 317 g/mol. The average Bonchev–Trinajstić information content (AvgIpc) is 2.53. The number of hydrogen-bond acceptors (Lipinski definition) is 4. The molecule has 2 atom stereocenters. The van der Waals surface area contributed by atoms with Crippen LogP contribution in [0.1, 0.15) is 19.4 Å². The number of benzene rings is 1. The SMILES string of the molecule is C[C@@H]1CN(Cc2ccc(F)c3cccnc23)CCN1C[C@@H](C)O. The van der Waals surface area contributed by atoms with E-state index in [4.69, 9.17) is 0 Å². The molecular formula is C18H24FN3O. The number of hydrogen-bond donors (Lipinski definition) is 1. The van der Waals surface area contributed by atoms with E-state index in [1.165, 1.54) is 6.07 Å². The van der Waals surface area contributed by atoms with E-state index in [-0.39, 0.29) is 11.9 Å². The quantitative estimate of drug-likeness (QED) is 0.939. The third kappa shape index (κ3) is 3.68. The van der Waals surface area contributed by atoms with Crippen molar-refractivity contribution in [3.8, 4) is 0 Å². The summed E-state index contributed by atoms with van der Waals surface area (Å²) >= 11 is 0. The zero-order valence-corrected chi connectivity index (χ0v) is 13.7. The van der Waals surface area contributed by atoms with E-state index in [0.29, 0.717) is 11.4 Å². The number of piperazine rings is 1. The molecule has 1 aliphatic heterocycles. The van der Waals surface area contributed by atoms with Gasteiger partial charge in [-0.2, -0.15) is 0 Å². The zero-order chi connectivity index (χ0) is 16.4. The van der Waals surface area contributed by atoms with Crippen LogP contribution in [0.25, 0.3) is 10.9 Å². The van der Waals surface area contributed by atoms with Gasteiger partial charge in [0.1, 0.15) is 5.82 Å². The summed E-state index contributed by atoms with van der Waals surface area (Å²) in [6, 6.07) is 7.33. The van der Waals surface area contributed by atoms with Gasteiger partial charge in [-0.1, -0.05) is 6.07 Å². The maximum absolute atomic E-state index is 13.9. The van der Waals surface area contributed by atoms with Crippen LogP contribution in [-0.4, -0.2) is 58.2 Å². The number of β-amino-alcohol motifs (C(OH)–C–C–N with tert-alkyl or cyclic N) is 1. The standard InChI is InChI=1S/C18H24FN3O/c1-13-10-21(8-9-22(13)11-14(2)23)12-15-5-6-17(19)16-4-3-7-20-18(15)16/h3-7,13-14,23H,8-12H2,1-2H3/t13-,14-/m1/s1. The first-order valence-electron chi connectivity index (χ1n) is 8.21. The van der Waals surface area contributed by atoms with E-state index in [1.54, 1.807) is 18.3 Å². The Hall–Kier alpha value is -1.56. The van der Waals surface area contributed by atoms with Crippen LogP contribution in [0.15, 0.2) is 30.5 Å². The summed E-state index contributed by atoms with van der Waals surface area (Å²) in [4.78, 5) is 9.07. The Morgan fingerprint density at radius 2 is 2.17 bits per heavy atom. The molecule has 1 aromatic heterocycles. The van der Waals surface area contributed by atoms with Crippen LogP contribution in [0, 0.1) is 5.82 Å². The van der Waals surface area contributed by atoms with Crippen LogP contribution in [0.2, 0.25) is 0 Å². The summed E-state index contributed by atoms with van der Waals surface area (Å²) in [6.45, 7) is 8.35. The van der Waals surface area contributed by atoms with Crippen LogP contribution in [0.5, 0.6) is 0 Å². The molecule has 0 saturated carbocycles. The minimum Gasteiger partial charge on any atom is -0.392 e. The predicted molar refractivity (Wildman–Crippen MR) is 89.7 cm³/mol. The first-order valence-corrected chi connectivity index (χ1v) is 8.21. The van der Waals surface area contributed by atoms with Crippen LogP contribution in [0.3, 0.4) is 0 Å². The highest BCUT2D eigenvalue weighted by Crippen LogP contribution is 2.22. The minimum atomic E-state index is -0.297. The highest BCUT2D eigenvalue weighted by Gasteiger charge is 2.24. The highest BCUT2D eigenvalue weighted by atomic mass is 19.1. The summed E-state index contributed by atoms with van der Waals surface area (Å²) in [5.41, 5.74) is 1.82. The lowest BCUT2D eigenvalue weighted by molar-refractivity contribution is 0.0424. The number of aromatic nitrogens is 1. The normalized spacial score (nSPS) is 21.7. The number of fused-ring (bicyclic) bond motifs is 1. The fraction of sp³-hybridized carbons (Fsp3) is 0.500. The number of aliphatic hydroxyl groups excluding tert-OH is 1. The van der Waals surface area contributed by atoms with E-state index in [1.807, 2.05) is 13.0 Å². The lowest BCUT2D eigenvalue weighted by Gasteiger charge is -2.40. The number of nitrogens with zero attached hydrogens (tertiary/aromatic N) is 3. The Morgan fingerprint density at radius 3 is 2.91 bits per heavy atom. The molecule has 0 radical (unpaired) electrons. The fourth-order valence-corrected chi connectivity index (χ4v) is 3.39. The molecule has 0 amide bonds. The van der Waals surface area contributed by atoms with Crippen molar-refractivity contribution in [3.05, 3.63) is 41.8 Å². The second-order valence-electron chi connectivity index (χ2n) is 6.53. The van der Waals surface area contributed by atoms with Gasteiger partial charge in [0.15, 0.2) is 0 Å². The molecule has 0 spiro atoms. The van der Waals surface area contributed by atoms with E-state index >= 15 is 0 Å². The Balaban J connectivity index is 1.73. The predicted octanol–water partition coefficient (Wildman–Crippen LogP) is 2.26. The minimum absolute atomic E-state index is 0.216. The molecule has 1 aliphatic rings.